The summed E-state index contributed by atoms with van der Waals surface area (Å²) in [5.41, 5.74) is 1.80. The van der Waals surface area contributed by atoms with Gasteiger partial charge in [-0.05, 0) is 30.7 Å². The van der Waals surface area contributed by atoms with Crippen LogP contribution < -0.4 is 10.6 Å². The molecule has 1 heterocycles. The van der Waals surface area contributed by atoms with Crippen LogP contribution in [0.2, 0.25) is 0 Å². The lowest BCUT2D eigenvalue weighted by Gasteiger charge is -2.17. The van der Waals surface area contributed by atoms with Crippen LogP contribution in [0, 0.1) is 11.8 Å². The largest absolute Gasteiger partial charge is 0.481 e. The Labute approximate surface area is 124 Å². The number of carbonyl (C=O) groups excluding carboxylic acids is 1. The molecule has 2 amide bonds. The van der Waals surface area contributed by atoms with Crippen LogP contribution in [0.3, 0.4) is 0 Å². The molecule has 2 unspecified atom stereocenters. The van der Waals surface area contributed by atoms with E-state index in [4.69, 9.17) is 5.11 Å². The van der Waals surface area contributed by atoms with E-state index < -0.39 is 11.9 Å². The SMILES string of the molecule is CNCc1cccc(NC(=O)N2CC(C)C(C(=O)O)C2)c1. The molecule has 0 spiro atoms. The lowest BCUT2D eigenvalue weighted by Crippen LogP contribution is -2.33. The van der Waals surface area contributed by atoms with Crippen molar-refractivity contribution < 1.29 is 14.7 Å². The zero-order valence-electron chi connectivity index (χ0n) is 12.3. The van der Waals surface area contributed by atoms with Crippen molar-refractivity contribution in [1.29, 1.82) is 0 Å². The zero-order valence-corrected chi connectivity index (χ0v) is 12.3. The highest BCUT2D eigenvalue weighted by Crippen LogP contribution is 2.24. The van der Waals surface area contributed by atoms with E-state index in [2.05, 4.69) is 10.6 Å². The minimum Gasteiger partial charge on any atom is -0.481 e. The fourth-order valence-electron chi connectivity index (χ4n) is 2.62. The van der Waals surface area contributed by atoms with Crippen molar-refractivity contribution in [3.8, 4) is 0 Å². The Morgan fingerprint density at radius 3 is 2.76 bits per heavy atom. The van der Waals surface area contributed by atoms with Crippen molar-refractivity contribution in [2.75, 3.05) is 25.5 Å². The molecule has 0 radical (unpaired) electrons. The molecule has 1 aliphatic rings. The van der Waals surface area contributed by atoms with Crippen LogP contribution in [0.1, 0.15) is 12.5 Å². The highest BCUT2D eigenvalue weighted by molar-refractivity contribution is 5.90. The van der Waals surface area contributed by atoms with Gasteiger partial charge in [-0.2, -0.15) is 0 Å². The Balaban J connectivity index is 1.99. The van der Waals surface area contributed by atoms with Crippen molar-refractivity contribution in [3.05, 3.63) is 29.8 Å². The Hall–Kier alpha value is -2.08. The number of urea groups is 1. The monoisotopic (exact) mass is 291 g/mol. The Morgan fingerprint density at radius 1 is 1.38 bits per heavy atom. The highest BCUT2D eigenvalue weighted by Gasteiger charge is 2.36. The molecule has 0 aromatic heterocycles. The normalized spacial score (nSPS) is 21.3. The lowest BCUT2D eigenvalue weighted by molar-refractivity contribution is -0.142. The minimum absolute atomic E-state index is 0.0242. The first kappa shape index (κ1) is 15.3. The molecule has 0 saturated carbocycles. The number of rotatable bonds is 4. The molecule has 2 atom stereocenters. The van der Waals surface area contributed by atoms with Gasteiger partial charge in [0.15, 0.2) is 0 Å². The summed E-state index contributed by atoms with van der Waals surface area (Å²) in [4.78, 5) is 24.9. The van der Waals surface area contributed by atoms with Gasteiger partial charge >= 0.3 is 12.0 Å². The number of hydrogen-bond acceptors (Lipinski definition) is 3. The molecule has 1 aliphatic heterocycles. The van der Waals surface area contributed by atoms with Crippen LogP contribution in [-0.4, -0.2) is 42.1 Å². The second-order valence-corrected chi connectivity index (χ2v) is 5.49. The van der Waals surface area contributed by atoms with Crippen molar-refractivity contribution in [3.63, 3.8) is 0 Å². The Morgan fingerprint density at radius 2 is 2.14 bits per heavy atom. The topological polar surface area (TPSA) is 81.7 Å². The van der Waals surface area contributed by atoms with Gasteiger partial charge in [0.25, 0.3) is 0 Å². The number of nitrogens with one attached hydrogen (secondary N) is 2. The second-order valence-electron chi connectivity index (χ2n) is 5.49. The van der Waals surface area contributed by atoms with Gasteiger partial charge in [0.1, 0.15) is 0 Å². The summed E-state index contributed by atoms with van der Waals surface area (Å²) in [5.74, 6) is -1.34. The van der Waals surface area contributed by atoms with E-state index in [1.165, 1.54) is 0 Å². The predicted molar refractivity (Wildman–Crippen MR) is 80.1 cm³/mol. The van der Waals surface area contributed by atoms with E-state index in [9.17, 15) is 9.59 Å². The Bertz CT molecular complexity index is 533. The summed E-state index contributed by atoms with van der Waals surface area (Å²) in [7, 11) is 1.86. The van der Waals surface area contributed by atoms with E-state index in [-0.39, 0.29) is 18.5 Å². The minimum atomic E-state index is -0.839. The number of carbonyl (C=O) groups is 2. The smallest absolute Gasteiger partial charge is 0.321 e. The van der Waals surface area contributed by atoms with Gasteiger partial charge in [-0.15, -0.1) is 0 Å². The van der Waals surface area contributed by atoms with Crippen LogP contribution in [0.15, 0.2) is 24.3 Å². The number of hydrogen-bond donors (Lipinski definition) is 3. The molecule has 0 bridgehead atoms. The molecule has 3 N–H and O–H groups in total. The third-order valence-electron chi connectivity index (χ3n) is 3.78. The van der Waals surface area contributed by atoms with Gasteiger partial charge in [-0.1, -0.05) is 19.1 Å². The van der Waals surface area contributed by atoms with E-state index >= 15 is 0 Å². The number of nitrogens with zero attached hydrogens (tertiary/aromatic N) is 1. The fourth-order valence-corrected chi connectivity index (χ4v) is 2.62. The first-order valence-corrected chi connectivity index (χ1v) is 7.03. The third kappa shape index (κ3) is 3.72. The molecule has 2 rings (SSSR count). The quantitative estimate of drug-likeness (QED) is 0.787. The van der Waals surface area contributed by atoms with Gasteiger partial charge < -0.3 is 20.6 Å². The molecule has 1 saturated heterocycles. The van der Waals surface area contributed by atoms with Crippen LogP contribution in [-0.2, 0) is 11.3 Å². The molecule has 1 aromatic carbocycles. The van der Waals surface area contributed by atoms with E-state index in [0.29, 0.717) is 6.54 Å². The maximum atomic E-state index is 12.2. The third-order valence-corrected chi connectivity index (χ3v) is 3.78. The Kier molecular flexibility index (Phi) is 4.80. The van der Waals surface area contributed by atoms with Gasteiger partial charge in [0, 0.05) is 25.3 Å². The fraction of sp³-hybridized carbons (Fsp3) is 0.467. The predicted octanol–water partition coefficient (Wildman–Crippen LogP) is 1.59. The maximum Gasteiger partial charge on any atom is 0.321 e. The van der Waals surface area contributed by atoms with Crippen molar-refractivity contribution >= 4 is 17.7 Å². The van der Waals surface area contributed by atoms with Gasteiger partial charge in [-0.25, -0.2) is 4.79 Å². The molecule has 1 fully saturated rings. The molecular formula is C15H21N3O3. The van der Waals surface area contributed by atoms with Crippen molar-refractivity contribution in [1.82, 2.24) is 10.2 Å². The molecule has 21 heavy (non-hydrogen) atoms. The first-order valence-electron chi connectivity index (χ1n) is 7.03. The summed E-state index contributed by atoms with van der Waals surface area (Å²) < 4.78 is 0. The summed E-state index contributed by atoms with van der Waals surface area (Å²) in [6, 6.07) is 7.35. The molecule has 1 aromatic rings. The number of aliphatic carboxylic acids is 1. The standard InChI is InChI=1S/C15H21N3O3/c1-10-8-18(9-13(10)14(19)20)15(21)17-12-5-3-4-11(6-12)7-16-2/h3-6,10,13,16H,7-9H2,1-2H3,(H,17,21)(H,19,20). The number of anilines is 1. The van der Waals surface area contributed by atoms with Crippen LogP contribution >= 0.6 is 0 Å². The zero-order chi connectivity index (χ0) is 15.4. The van der Waals surface area contributed by atoms with Crippen molar-refractivity contribution in [2.45, 2.75) is 13.5 Å². The summed E-state index contributed by atoms with van der Waals surface area (Å²) >= 11 is 0. The molecule has 0 aliphatic carbocycles. The van der Waals surface area contributed by atoms with Gasteiger partial charge in [0.05, 0.1) is 5.92 Å². The van der Waals surface area contributed by atoms with Crippen LogP contribution in [0.5, 0.6) is 0 Å². The number of benzene rings is 1. The molecule has 6 heteroatoms. The number of likely N-dealkylation sites (tertiary alicyclic amines) is 1. The molecule has 114 valence electrons. The van der Waals surface area contributed by atoms with E-state index in [0.717, 1.165) is 17.8 Å². The van der Waals surface area contributed by atoms with Crippen LogP contribution in [0.25, 0.3) is 0 Å². The first-order chi connectivity index (χ1) is 10.0. The van der Waals surface area contributed by atoms with E-state index in [1.54, 1.807) is 4.90 Å². The summed E-state index contributed by atoms with van der Waals surface area (Å²) in [5, 5.41) is 15.0. The second kappa shape index (κ2) is 6.58. The molecule has 6 nitrogen and oxygen atoms in total. The average molecular weight is 291 g/mol. The highest BCUT2D eigenvalue weighted by atomic mass is 16.4. The van der Waals surface area contributed by atoms with Crippen molar-refractivity contribution in [2.24, 2.45) is 11.8 Å². The average Bonchev–Trinajstić information content (AvgIpc) is 2.82. The lowest BCUT2D eigenvalue weighted by atomic mass is 9.99. The number of carboxylic acids is 1. The van der Waals surface area contributed by atoms with Crippen LogP contribution in [0.4, 0.5) is 10.5 Å². The number of carboxylic acid groups (broad SMARTS) is 1. The summed E-state index contributed by atoms with van der Waals surface area (Å²) in [6.45, 7) is 3.32. The number of amides is 2. The van der Waals surface area contributed by atoms with E-state index in [1.807, 2.05) is 38.2 Å². The summed E-state index contributed by atoms with van der Waals surface area (Å²) in [6.07, 6.45) is 0. The van der Waals surface area contributed by atoms with Gasteiger partial charge in [0.2, 0.25) is 0 Å². The maximum absolute atomic E-state index is 12.2. The molecular weight excluding hydrogens is 270 g/mol. The van der Waals surface area contributed by atoms with Gasteiger partial charge in [-0.3, -0.25) is 4.79 Å².